The molecule has 0 amide bonds. The predicted molar refractivity (Wildman–Crippen MR) is 95.3 cm³/mol. The van der Waals surface area contributed by atoms with Crippen molar-refractivity contribution in [2.75, 3.05) is 0 Å². The fraction of sp³-hybridized carbons (Fsp3) is 0.476. The van der Waals surface area contributed by atoms with Crippen LogP contribution in [0.3, 0.4) is 0 Å². The molecule has 1 aromatic rings. The molecule has 3 atom stereocenters. The highest BCUT2D eigenvalue weighted by Crippen LogP contribution is 2.35. The minimum absolute atomic E-state index is 0.0321. The smallest absolute Gasteiger partial charge is 0.338 e. The lowest BCUT2D eigenvalue weighted by Gasteiger charge is -2.36. The maximum absolute atomic E-state index is 12.6. The minimum Gasteiger partial charge on any atom is -0.458 e. The highest BCUT2D eigenvalue weighted by Gasteiger charge is 2.33. The largest absolute Gasteiger partial charge is 0.458 e. The average molecular weight is 323 g/mol. The molecular weight excluding hydrogens is 298 g/mol. The van der Waals surface area contributed by atoms with Gasteiger partial charge < -0.3 is 4.74 Å². The number of benzene rings is 1. The van der Waals surface area contributed by atoms with Gasteiger partial charge in [0, 0.05) is 5.56 Å². The Hall–Kier alpha value is -2.30. The van der Waals surface area contributed by atoms with E-state index in [0.29, 0.717) is 34.4 Å². The first kappa shape index (κ1) is 18.0. The molecule has 1 fully saturated rings. The van der Waals surface area contributed by atoms with Crippen LogP contribution in [0.5, 0.6) is 0 Å². The highest BCUT2D eigenvalue weighted by molar-refractivity contribution is 5.90. The molecule has 1 aliphatic rings. The lowest BCUT2D eigenvalue weighted by atomic mass is 9.75. The van der Waals surface area contributed by atoms with Crippen molar-refractivity contribution in [3.8, 4) is 6.07 Å². The molecule has 0 bridgehead atoms. The van der Waals surface area contributed by atoms with E-state index in [1.54, 1.807) is 24.3 Å². The third kappa shape index (κ3) is 4.16. The Morgan fingerprint density at radius 3 is 2.79 bits per heavy atom. The monoisotopic (exact) mass is 323 g/mol. The van der Waals surface area contributed by atoms with E-state index < -0.39 is 0 Å². The van der Waals surface area contributed by atoms with Gasteiger partial charge in [0.1, 0.15) is 6.10 Å². The van der Waals surface area contributed by atoms with Gasteiger partial charge in [-0.15, -0.1) is 5.73 Å². The summed E-state index contributed by atoms with van der Waals surface area (Å²) in [7, 11) is 0. The number of rotatable bonds is 4. The molecule has 2 rings (SSSR count). The Labute approximate surface area is 144 Å². The third-order valence-corrected chi connectivity index (χ3v) is 4.89. The lowest BCUT2D eigenvalue weighted by molar-refractivity contribution is -0.0174. The Bertz CT molecular complexity index is 692. The standard InChI is InChI=1S/C21H25NO2/c1-5-6-16-12-17(8-9-18(16)13-22)21(23)24-20-11-15(4)7-10-19(20)14(2)3/h6,8-9,12,14-15,19-20H,1,7,10-11H2,2-4H3/t15-,19+,20-/m1/s1. The van der Waals surface area contributed by atoms with Gasteiger partial charge in [-0.1, -0.05) is 33.8 Å². The fourth-order valence-corrected chi connectivity index (χ4v) is 3.48. The van der Waals surface area contributed by atoms with Gasteiger partial charge in [-0.05, 0) is 54.9 Å². The number of nitriles is 1. The average Bonchev–Trinajstić information content (AvgIpc) is 2.54. The number of ether oxygens (including phenoxy) is 1. The first-order chi connectivity index (χ1) is 11.5. The van der Waals surface area contributed by atoms with Crippen molar-refractivity contribution < 1.29 is 9.53 Å². The molecule has 1 aliphatic carbocycles. The maximum Gasteiger partial charge on any atom is 0.338 e. The number of nitrogens with zero attached hydrogens (tertiary/aromatic N) is 1. The molecular formula is C21H25NO2. The van der Waals surface area contributed by atoms with Crippen molar-refractivity contribution >= 4 is 12.0 Å². The summed E-state index contributed by atoms with van der Waals surface area (Å²) < 4.78 is 5.86. The van der Waals surface area contributed by atoms with Crippen LogP contribution >= 0.6 is 0 Å². The summed E-state index contributed by atoms with van der Waals surface area (Å²) in [5.41, 5.74) is 4.26. The third-order valence-electron chi connectivity index (χ3n) is 4.89. The summed E-state index contributed by atoms with van der Waals surface area (Å²) in [6.07, 6.45) is 4.80. The molecule has 126 valence electrons. The van der Waals surface area contributed by atoms with E-state index in [0.717, 1.165) is 12.8 Å². The van der Waals surface area contributed by atoms with Gasteiger partial charge in [0.05, 0.1) is 17.2 Å². The van der Waals surface area contributed by atoms with Crippen molar-refractivity contribution in [3.63, 3.8) is 0 Å². The highest BCUT2D eigenvalue weighted by atomic mass is 16.5. The Balaban J connectivity index is 2.20. The molecule has 0 aliphatic heterocycles. The second kappa shape index (κ2) is 7.99. The number of hydrogen-bond acceptors (Lipinski definition) is 3. The first-order valence-corrected chi connectivity index (χ1v) is 8.57. The molecule has 0 aromatic heterocycles. The van der Waals surface area contributed by atoms with Gasteiger partial charge in [-0.2, -0.15) is 5.26 Å². The van der Waals surface area contributed by atoms with Gasteiger partial charge in [-0.3, -0.25) is 0 Å². The second-order valence-corrected chi connectivity index (χ2v) is 7.03. The molecule has 0 spiro atoms. The van der Waals surface area contributed by atoms with Crippen LogP contribution < -0.4 is 0 Å². The predicted octanol–water partition coefficient (Wildman–Crippen LogP) is 4.97. The Morgan fingerprint density at radius 1 is 1.42 bits per heavy atom. The summed E-state index contributed by atoms with van der Waals surface area (Å²) >= 11 is 0. The van der Waals surface area contributed by atoms with Gasteiger partial charge in [-0.25, -0.2) is 4.79 Å². The van der Waals surface area contributed by atoms with Crippen molar-refractivity contribution in [2.24, 2.45) is 17.8 Å². The maximum atomic E-state index is 12.6. The zero-order chi connectivity index (χ0) is 17.7. The van der Waals surface area contributed by atoms with Gasteiger partial charge in [0.15, 0.2) is 0 Å². The second-order valence-electron chi connectivity index (χ2n) is 7.03. The van der Waals surface area contributed by atoms with Gasteiger partial charge >= 0.3 is 5.97 Å². The van der Waals surface area contributed by atoms with Crippen LogP contribution in [0.25, 0.3) is 6.08 Å². The molecule has 0 saturated heterocycles. The van der Waals surface area contributed by atoms with Crippen molar-refractivity contribution in [2.45, 2.75) is 46.1 Å². The van der Waals surface area contributed by atoms with Crippen LogP contribution in [0.2, 0.25) is 0 Å². The van der Waals surface area contributed by atoms with E-state index in [1.165, 1.54) is 6.42 Å². The van der Waals surface area contributed by atoms with Crippen LogP contribution in [0, 0.1) is 29.1 Å². The molecule has 3 nitrogen and oxygen atoms in total. The summed E-state index contributed by atoms with van der Waals surface area (Å²) in [5.74, 6) is 1.17. The van der Waals surface area contributed by atoms with E-state index in [-0.39, 0.29) is 12.1 Å². The summed E-state index contributed by atoms with van der Waals surface area (Å²) in [5, 5.41) is 9.13. The molecule has 24 heavy (non-hydrogen) atoms. The van der Waals surface area contributed by atoms with Crippen LogP contribution in [0.4, 0.5) is 0 Å². The number of carbonyl (C=O) groups excluding carboxylic acids is 1. The Kier molecular flexibility index (Phi) is 6.01. The lowest BCUT2D eigenvalue weighted by Crippen LogP contribution is -2.35. The summed E-state index contributed by atoms with van der Waals surface area (Å²) in [4.78, 5) is 12.6. The normalized spacial score (nSPS) is 23.2. The molecule has 0 heterocycles. The molecule has 0 unspecified atom stereocenters. The minimum atomic E-state index is -0.317. The first-order valence-electron chi connectivity index (χ1n) is 8.57. The SMILES string of the molecule is C=C=Cc1cc(C(=O)O[C@@H]2C[C@H](C)CC[C@H]2C(C)C)ccc1C#N. The number of carbonyl (C=O) groups is 1. The molecule has 1 aromatic carbocycles. The van der Waals surface area contributed by atoms with Gasteiger partial charge in [0.25, 0.3) is 0 Å². The Morgan fingerprint density at radius 2 is 2.17 bits per heavy atom. The zero-order valence-electron chi connectivity index (χ0n) is 14.7. The summed E-state index contributed by atoms with van der Waals surface area (Å²) in [6, 6.07) is 7.07. The van der Waals surface area contributed by atoms with Crippen LogP contribution in [0.1, 0.15) is 61.5 Å². The number of hydrogen-bond donors (Lipinski definition) is 0. The molecule has 0 N–H and O–H groups in total. The van der Waals surface area contributed by atoms with Crippen LogP contribution in [-0.4, -0.2) is 12.1 Å². The molecule has 1 saturated carbocycles. The van der Waals surface area contributed by atoms with Crippen molar-refractivity contribution in [3.05, 3.63) is 47.2 Å². The zero-order valence-corrected chi connectivity index (χ0v) is 14.7. The van der Waals surface area contributed by atoms with Gasteiger partial charge in [0.2, 0.25) is 0 Å². The fourth-order valence-electron chi connectivity index (χ4n) is 3.48. The van der Waals surface area contributed by atoms with Crippen molar-refractivity contribution in [1.82, 2.24) is 0 Å². The topological polar surface area (TPSA) is 50.1 Å². The van der Waals surface area contributed by atoms with E-state index in [9.17, 15) is 4.79 Å². The van der Waals surface area contributed by atoms with Crippen LogP contribution in [0.15, 0.2) is 30.5 Å². The van der Waals surface area contributed by atoms with Crippen molar-refractivity contribution in [1.29, 1.82) is 5.26 Å². The van der Waals surface area contributed by atoms with E-state index in [1.807, 2.05) is 0 Å². The van der Waals surface area contributed by atoms with E-state index in [2.05, 4.69) is 39.2 Å². The van der Waals surface area contributed by atoms with E-state index in [4.69, 9.17) is 10.00 Å². The van der Waals surface area contributed by atoms with E-state index >= 15 is 0 Å². The molecule has 0 radical (unpaired) electrons. The molecule has 3 heteroatoms. The van der Waals surface area contributed by atoms with Crippen LogP contribution in [-0.2, 0) is 4.74 Å². The quantitative estimate of drug-likeness (QED) is 0.580. The number of esters is 1. The summed E-state index contributed by atoms with van der Waals surface area (Å²) in [6.45, 7) is 10.1.